The smallest absolute Gasteiger partial charge is 0.220 e. The molecule has 0 aliphatic carbocycles. The van der Waals surface area contributed by atoms with E-state index in [-0.39, 0.29) is 17.7 Å². The van der Waals surface area contributed by atoms with Crippen molar-refractivity contribution >= 4 is 5.91 Å². The summed E-state index contributed by atoms with van der Waals surface area (Å²) in [5.74, 6) is -0.905. The van der Waals surface area contributed by atoms with Gasteiger partial charge in [0.25, 0.3) is 0 Å². The molecule has 2 aromatic carbocycles. The van der Waals surface area contributed by atoms with E-state index in [0.29, 0.717) is 36.3 Å². The number of aromatic hydroxyl groups is 1. The second kappa shape index (κ2) is 7.70. The first-order valence-electron chi connectivity index (χ1n) is 8.31. The quantitative estimate of drug-likeness (QED) is 0.765. The van der Waals surface area contributed by atoms with Crippen molar-refractivity contribution in [2.75, 3.05) is 7.11 Å². The van der Waals surface area contributed by atoms with E-state index in [1.807, 2.05) is 0 Å². The van der Waals surface area contributed by atoms with Crippen LogP contribution in [-0.4, -0.2) is 24.2 Å². The molecule has 5 nitrogen and oxygen atoms in total. The number of piperidine rings is 1. The van der Waals surface area contributed by atoms with Gasteiger partial charge in [-0.1, -0.05) is 6.07 Å². The van der Waals surface area contributed by atoms with Crippen LogP contribution in [0.4, 0.5) is 8.78 Å². The number of carbonyl (C=O) groups is 1. The molecule has 0 aromatic heterocycles. The Kier molecular flexibility index (Phi) is 5.37. The highest BCUT2D eigenvalue weighted by molar-refractivity contribution is 5.77. The number of amides is 1. The molecule has 3 rings (SSSR count). The fraction of sp³-hybridized carbons (Fsp3) is 0.316. The lowest BCUT2D eigenvalue weighted by Crippen LogP contribution is -2.48. The molecule has 0 spiro atoms. The molecule has 1 aliphatic heterocycles. The standard InChI is InChI=1S/C19H20F2N2O3/c1-26-15-3-2-11(17(24)9-15)10-22-16-4-5-18(25)23-19(16)12-6-13(20)8-14(21)7-12/h2-3,6-9,16,19,22,24H,4-5,10H2,1H3,(H,23,25)/t16-,19+/m1/s1. The number of hydrogen-bond acceptors (Lipinski definition) is 4. The summed E-state index contributed by atoms with van der Waals surface area (Å²) in [5, 5.41) is 16.1. The first kappa shape index (κ1) is 18.1. The van der Waals surface area contributed by atoms with Crippen LogP contribution in [0.2, 0.25) is 0 Å². The summed E-state index contributed by atoms with van der Waals surface area (Å²) in [6, 6.07) is 7.44. The molecule has 1 amide bonds. The zero-order valence-corrected chi connectivity index (χ0v) is 14.3. The van der Waals surface area contributed by atoms with Crippen molar-refractivity contribution < 1.29 is 23.4 Å². The van der Waals surface area contributed by atoms with Gasteiger partial charge in [0, 0.05) is 36.7 Å². The fourth-order valence-corrected chi connectivity index (χ4v) is 3.15. The maximum absolute atomic E-state index is 13.6. The summed E-state index contributed by atoms with van der Waals surface area (Å²) < 4.78 is 32.2. The predicted octanol–water partition coefficient (Wildman–Crippen LogP) is 2.79. The molecule has 1 fully saturated rings. The van der Waals surface area contributed by atoms with Gasteiger partial charge in [-0.05, 0) is 30.2 Å². The molecular formula is C19H20F2N2O3. The van der Waals surface area contributed by atoms with E-state index in [4.69, 9.17) is 4.74 Å². The Morgan fingerprint density at radius 2 is 1.96 bits per heavy atom. The Balaban J connectivity index is 1.77. The summed E-state index contributed by atoms with van der Waals surface area (Å²) >= 11 is 0. The molecule has 0 radical (unpaired) electrons. The summed E-state index contributed by atoms with van der Waals surface area (Å²) in [5.41, 5.74) is 1.03. The topological polar surface area (TPSA) is 70.6 Å². The number of benzene rings is 2. The zero-order valence-electron chi connectivity index (χ0n) is 14.3. The first-order valence-corrected chi connectivity index (χ1v) is 8.31. The molecule has 3 N–H and O–H groups in total. The van der Waals surface area contributed by atoms with E-state index in [0.717, 1.165) is 6.07 Å². The summed E-state index contributed by atoms with van der Waals surface area (Å²) in [6.07, 6.45) is 0.839. The number of rotatable bonds is 5. The third kappa shape index (κ3) is 4.11. The van der Waals surface area contributed by atoms with Gasteiger partial charge < -0.3 is 20.5 Å². The molecule has 7 heteroatoms. The van der Waals surface area contributed by atoms with Crippen LogP contribution < -0.4 is 15.4 Å². The van der Waals surface area contributed by atoms with E-state index in [1.54, 1.807) is 12.1 Å². The third-order valence-electron chi connectivity index (χ3n) is 4.49. The minimum Gasteiger partial charge on any atom is -0.507 e. The lowest BCUT2D eigenvalue weighted by Gasteiger charge is -2.33. The van der Waals surface area contributed by atoms with Gasteiger partial charge in [-0.3, -0.25) is 4.79 Å². The van der Waals surface area contributed by atoms with Crippen LogP contribution in [0, 0.1) is 11.6 Å². The summed E-state index contributed by atoms with van der Waals surface area (Å²) in [6.45, 7) is 0.338. The first-order chi connectivity index (χ1) is 12.5. The zero-order chi connectivity index (χ0) is 18.7. The molecule has 1 heterocycles. The van der Waals surface area contributed by atoms with Crippen molar-refractivity contribution in [2.45, 2.75) is 31.5 Å². The van der Waals surface area contributed by atoms with Crippen LogP contribution in [-0.2, 0) is 11.3 Å². The number of carbonyl (C=O) groups excluding carboxylic acids is 1. The third-order valence-corrected chi connectivity index (χ3v) is 4.49. The maximum atomic E-state index is 13.6. The minimum absolute atomic E-state index is 0.0880. The predicted molar refractivity (Wildman–Crippen MR) is 91.8 cm³/mol. The highest BCUT2D eigenvalue weighted by atomic mass is 19.1. The molecule has 0 unspecified atom stereocenters. The molecule has 2 aromatic rings. The van der Waals surface area contributed by atoms with Gasteiger partial charge in [-0.15, -0.1) is 0 Å². The molecule has 2 atom stereocenters. The van der Waals surface area contributed by atoms with E-state index >= 15 is 0 Å². The van der Waals surface area contributed by atoms with Gasteiger partial charge in [-0.25, -0.2) is 8.78 Å². The number of hydrogen-bond donors (Lipinski definition) is 3. The Hall–Kier alpha value is -2.67. The molecule has 1 saturated heterocycles. The number of nitrogens with one attached hydrogen (secondary N) is 2. The Morgan fingerprint density at radius 1 is 1.23 bits per heavy atom. The van der Waals surface area contributed by atoms with Crippen LogP contribution in [0.1, 0.15) is 30.0 Å². The van der Waals surface area contributed by atoms with Crippen molar-refractivity contribution in [1.82, 2.24) is 10.6 Å². The number of ether oxygens (including phenoxy) is 1. The van der Waals surface area contributed by atoms with Crippen molar-refractivity contribution in [1.29, 1.82) is 0 Å². The van der Waals surface area contributed by atoms with E-state index in [1.165, 1.54) is 25.3 Å². The summed E-state index contributed by atoms with van der Waals surface area (Å²) in [4.78, 5) is 11.8. The van der Waals surface area contributed by atoms with Gasteiger partial charge in [-0.2, -0.15) is 0 Å². The SMILES string of the molecule is COc1ccc(CN[C@@H]2CCC(=O)N[C@H]2c2cc(F)cc(F)c2)c(O)c1. The van der Waals surface area contributed by atoms with Gasteiger partial charge in [0.15, 0.2) is 0 Å². The van der Waals surface area contributed by atoms with Crippen molar-refractivity contribution in [2.24, 2.45) is 0 Å². The molecule has 26 heavy (non-hydrogen) atoms. The van der Waals surface area contributed by atoms with Crippen molar-refractivity contribution in [3.63, 3.8) is 0 Å². The molecule has 138 valence electrons. The number of phenolic OH excluding ortho intramolecular Hbond substituents is 1. The van der Waals surface area contributed by atoms with Crippen LogP contribution in [0.25, 0.3) is 0 Å². The number of phenols is 1. The van der Waals surface area contributed by atoms with Crippen LogP contribution in [0.5, 0.6) is 11.5 Å². The van der Waals surface area contributed by atoms with Crippen molar-refractivity contribution in [3.8, 4) is 11.5 Å². The number of halogens is 2. The molecule has 0 saturated carbocycles. The second-order valence-electron chi connectivity index (χ2n) is 6.27. The van der Waals surface area contributed by atoms with Gasteiger partial charge in [0.2, 0.25) is 5.91 Å². The maximum Gasteiger partial charge on any atom is 0.220 e. The second-order valence-corrected chi connectivity index (χ2v) is 6.27. The van der Waals surface area contributed by atoms with Crippen LogP contribution >= 0.6 is 0 Å². The Morgan fingerprint density at radius 3 is 2.62 bits per heavy atom. The lowest BCUT2D eigenvalue weighted by molar-refractivity contribution is -0.123. The highest BCUT2D eigenvalue weighted by Gasteiger charge is 2.30. The van der Waals surface area contributed by atoms with Crippen molar-refractivity contribution in [3.05, 3.63) is 59.2 Å². The van der Waals surface area contributed by atoms with Gasteiger partial charge in [0.05, 0.1) is 13.2 Å². The average molecular weight is 362 g/mol. The number of methoxy groups -OCH3 is 1. The van der Waals surface area contributed by atoms with E-state index in [2.05, 4.69) is 10.6 Å². The normalized spacial score (nSPS) is 19.9. The fourth-order valence-electron chi connectivity index (χ4n) is 3.15. The van der Waals surface area contributed by atoms with E-state index in [9.17, 15) is 18.7 Å². The van der Waals surface area contributed by atoms with Crippen LogP contribution in [0.3, 0.4) is 0 Å². The molecule has 0 bridgehead atoms. The average Bonchev–Trinajstić information content (AvgIpc) is 2.60. The van der Waals surface area contributed by atoms with Crippen LogP contribution in [0.15, 0.2) is 36.4 Å². The Bertz CT molecular complexity index is 793. The molecule has 1 aliphatic rings. The van der Waals surface area contributed by atoms with E-state index < -0.39 is 17.7 Å². The van der Waals surface area contributed by atoms with Gasteiger partial charge >= 0.3 is 0 Å². The largest absolute Gasteiger partial charge is 0.507 e. The monoisotopic (exact) mass is 362 g/mol. The molecular weight excluding hydrogens is 342 g/mol. The highest BCUT2D eigenvalue weighted by Crippen LogP contribution is 2.27. The van der Waals surface area contributed by atoms with Gasteiger partial charge in [0.1, 0.15) is 23.1 Å². The lowest BCUT2D eigenvalue weighted by atomic mass is 9.91. The summed E-state index contributed by atoms with van der Waals surface area (Å²) in [7, 11) is 1.51. The minimum atomic E-state index is -0.689. The Labute approximate surface area is 150 Å².